The van der Waals surface area contributed by atoms with Gasteiger partial charge in [-0.15, -0.1) is 0 Å². The molecule has 1 unspecified atom stereocenters. The average molecular weight is 398 g/mol. The summed E-state index contributed by atoms with van der Waals surface area (Å²) in [6.45, 7) is 3.69. The largest absolute Gasteiger partial charge is 1.00 e. The van der Waals surface area contributed by atoms with Crippen LogP contribution in [0.3, 0.4) is 0 Å². The number of methoxy groups -OCH3 is 1. The van der Waals surface area contributed by atoms with Crippen molar-refractivity contribution < 1.29 is 17.1 Å². The lowest BCUT2D eigenvalue weighted by molar-refractivity contribution is -0.00000520. The van der Waals surface area contributed by atoms with E-state index in [2.05, 4.69) is 28.9 Å². The van der Waals surface area contributed by atoms with Crippen LogP contribution in [-0.4, -0.2) is 20.2 Å². The molecular formula is C18H21Cl2N3OS. The first-order chi connectivity index (χ1) is 11.6. The van der Waals surface area contributed by atoms with Crippen LogP contribution in [0, 0.1) is 5.39 Å². The molecule has 0 aromatic heterocycles. The van der Waals surface area contributed by atoms with Crippen molar-refractivity contribution in [3.63, 3.8) is 0 Å². The molecule has 0 spiro atoms. The molecule has 0 N–H and O–H groups in total. The molecule has 2 aromatic rings. The molecule has 2 rings (SSSR count). The Bertz CT molecular complexity index is 722. The van der Waals surface area contributed by atoms with Gasteiger partial charge in [0.15, 0.2) is 4.98 Å². The molecule has 0 heterocycles. The zero-order chi connectivity index (χ0) is 17.5. The maximum Gasteiger partial charge on any atom is 0.407 e. The summed E-state index contributed by atoms with van der Waals surface area (Å²) >= 11 is 10.9. The Morgan fingerprint density at radius 1 is 1.28 bits per heavy atom. The second kappa shape index (κ2) is 10.4. The molecule has 25 heavy (non-hydrogen) atoms. The summed E-state index contributed by atoms with van der Waals surface area (Å²) in [5, 5.41) is 9.54. The van der Waals surface area contributed by atoms with Crippen molar-refractivity contribution in [3.05, 3.63) is 58.0 Å². The Balaban J connectivity index is 0.00000312. The highest BCUT2D eigenvalue weighted by atomic mass is 35.5. The first-order valence-corrected chi connectivity index (χ1v) is 8.70. The van der Waals surface area contributed by atoms with Crippen LogP contribution in [0.4, 0.5) is 11.4 Å². The summed E-state index contributed by atoms with van der Waals surface area (Å²) in [7, 11) is 1.59. The first kappa shape index (κ1) is 21.4. The Morgan fingerprint density at radius 3 is 2.52 bits per heavy atom. The number of halogens is 2. The first-order valence-electron chi connectivity index (χ1n) is 7.81. The molecular weight excluding hydrogens is 377 g/mol. The maximum absolute atomic E-state index is 8.99. The van der Waals surface area contributed by atoms with Gasteiger partial charge in [-0.3, -0.25) is 0 Å². The highest BCUT2D eigenvalue weighted by molar-refractivity contribution is 7.80. The summed E-state index contributed by atoms with van der Waals surface area (Å²) < 4.78 is 5.43. The Morgan fingerprint density at radius 2 is 1.96 bits per heavy atom. The molecule has 0 amide bonds. The Hall–Kier alpha value is -1.61. The zero-order valence-electron chi connectivity index (χ0n) is 14.2. The molecule has 134 valence electrons. The predicted molar refractivity (Wildman–Crippen MR) is 103 cm³/mol. The maximum atomic E-state index is 8.99. The topological polar surface area (TPSA) is 40.6 Å². The lowest BCUT2D eigenvalue weighted by Crippen LogP contribution is -3.00. The van der Waals surface area contributed by atoms with E-state index in [4.69, 9.17) is 34.4 Å². The summed E-state index contributed by atoms with van der Waals surface area (Å²) in [5.74, 6) is 0.629. The number of hydrogen-bond donors (Lipinski definition) is 1. The van der Waals surface area contributed by atoms with Crippen LogP contribution in [-0.2, 0) is 0 Å². The van der Waals surface area contributed by atoms with Crippen molar-refractivity contribution in [2.45, 2.75) is 18.6 Å². The van der Waals surface area contributed by atoms with Crippen LogP contribution in [0.1, 0.15) is 24.2 Å². The monoisotopic (exact) mass is 397 g/mol. The van der Waals surface area contributed by atoms with E-state index in [1.54, 1.807) is 19.2 Å². The number of hydrogen-bond acceptors (Lipinski definition) is 4. The average Bonchev–Trinajstić information content (AvgIpc) is 2.63. The quantitative estimate of drug-likeness (QED) is 0.576. The van der Waals surface area contributed by atoms with E-state index < -0.39 is 0 Å². The Kier molecular flexibility index (Phi) is 8.91. The molecule has 0 saturated carbocycles. The molecule has 0 aliphatic rings. The minimum atomic E-state index is 0. The number of rotatable bonds is 7. The van der Waals surface area contributed by atoms with Crippen LogP contribution >= 0.6 is 24.2 Å². The second-order valence-electron chi connectivity index (χ2n) is 5.37. The molecule has 0 saturated heterocycles. The van der Waals surface area contributed by atoms with E-state index >= 15 is 0 Å². The third-order valence-corrected chi connectivity index (χ3v) is 4.79. The van der Waals surface area contributed by atoms with Crippen molar-refractivity contribution >= 4 is 35.6 Å². The van der Waals surface area contributed by atoms with Gasteiger partial charge in [-0.05, 0) is 25.0 Å². The fraction of sp³-hybridized carbons (Fsp3) is 0.333. The highest BCUT2D eigenvalue weighted by Crippen LogP contribution is 2.38. The molecule has 7 heteroatoms. The van der Waals surface area contributed by atoms with E-state index in [9.17, 15) is 0 Å². The summed E-state index contributed by atoms with van der Waals surface area (Å²) in [6, 6.07) is 13.6. The van der Waals surface area contributed by atoms with Gasteiger partial charge in [-0.2, -0.15) is 12.6 Å². The standard InChI is InChI=1S/C18H20ClN3OS.ClH/c1-3-22(10-9-18(24)13-7-5-4-6-8-13)16-11-14(19)15(21-20)12-17(16)23-2;/h4-8,11-12,18H,3,9-10H2,1-2H3;1H. The van der Waals surface area contributed by atoms with E-state index in [0.717, 1.165) is 25.2 Å². The van der Waals surface area contributed by atoms with Crippen LogP contribution in [0.5, 0.6) is 5.75 Å². The molecule has 0 bridgehead atoms. The summed E-state index contributed by atoms with van der Waals surface area (Å²) in [6.07, 6.45) is 0.883. The fourth-order valence-corrected chi connectivity index (χ4v) is 3.07. The molecule has 0 aliphatic heterocycles. The molecule has 0 radical (unpaired) electrons. The van der Waals surface area contributed by atoms with E-state index in [1.807, 2.05) is 18.2 Å². The predicted octanol–water partition coefficient (Wildman–Crippen LogP) is 2.72. The lowest BCUT2D eigenvalue weighted by atomic mass is 10.1. The third kappa shape index (κ3) is 5.43. The molecule has 0 fully saturated rings. The van der Waals surface area contributed by atoms with Crippen LogP contribution in [0.25, 0.3) is 4.98 Å². The minimum Gasteiger partial charge on any atom is -1.00 e. The van der Waals surface area contributed by atoms with Gasteiger partial charge in [-0.25, -0.2) is 0 Å². The number of diazo groups is 1. The number of ether oxygens (including phenoxy) is 1. The van der Waals surface area contributed by atoms with E-state index in [0.29, 0.717) is 16.5 Å². The van der Waals surface area contributed by atoms with Gasteiger partial charge in [-0.1, -0.05) is 41.9 Å². The number of benzene rings is 2. The number of anilines is 1. The van der Waals surface area contributed by atoms with Gasteiger partial charge in [0.25, 0.3) is 0 Å². The molecule has 4 nitrogen and oxygen atoms in total. The van der Waals surface area contributed by atoms with Crippen molar-refractivity contribution in [3.8, 4) is 5.75 Å². The van der Waals surface area contributed by atoms with Gasteiger partial charge in [0.1, 0.15) is 10.8 Å². The normalized spacial score (nSPS) is 11.2. The van der Waals surface area contributed by atoms with Crippen molar-refractivity contribution in [1.29, 1.82) is 5.39 Å². The number of nitrogens with zero attached hydrogens (tertiary/aromatic N) is 3. The van der Waals surface area contributed by atoms with Crippen molar-refractivity contribution in [2.24, 2.45) is 0 Å². The van der Waals surface area contributed by atoms with E-state index in [-0.39, 0.29) is 17.7 Å². The summed E-state index contributed by atoms with van der Waals surface area (Å²) in [5.41, 5.74) is 2.38. The van der Waals surface area contributed by atoms with Crippen molar-refractivity contribution in [2.75, 3.05) is 25.1 Å². The van der Waals surface area contributed by atoms with Gasteiger partial charge in [0.2, 0.25) is 5.39 Å². The second-order valence-corrected chi connectivity index (χ2v) is 6.40. The third-order valence-electron chi connectivity index (χ3n) is 3.94. The highest BCUT2D eigenvalue weighted by Gasteiger charge is 2.21. The van der Waals surface area contributed by atoms with Gasteiger partial charge in [0.05, 0.1) is 18.9 Å². The molecule has 0 aliphatic carbocycles. The van der Waals surface area contributed by atoms with Crippen LogP contribution < -0.4 is 22.0 Å². The van der Waals surface area contributed by atoms with Crippen LogP contribution in [0.15, 0.2) is 42.5 Å². The fourth-order valence-electron chi connectivity index (χ4n) is 2.59. The molecule has 2 aromatic carbocycles. The number of thiol groups is 1. The summed E-state index contributed by atoms with van der Waals surface area (Å²) in [4.78, 5) is 5.35. The Labute approximate surface area is 165 Å². The van der Waals surface area contributed by atoms with Crippen LogP contribution in [0.2, 0.25) is 5.02 Å². The lowest BCUT2D eigenvalue weighted by Gasteiger charge is -2.26. The van der Waals surface area contributed by atoms with Gasteiger partial charge in [0, 0.05) is 18.3 Å². The van der Waals surface area contributed by atoms with E-state index in [1.165, 1.54) is 5.56 Å². The van der Waals surface area contributed by atoms with Gasteiger partial charge < -0.3 is 22.0 Å². The molecule has 1 atom stereocenters. The minimum absolute atomic E-state index is 0. The zero-order valence-corrected chi connectivity index (χ0v) is 16.6. The van der Waals surface area contributed by atoms with Crippen molar-refractivity contribution in [1.82, 2.24) is 0 Å². The van der Waals surface area contributed by atoms with Gasteiger partial charge >= 0.3 is 5.69 Å². The smallest absolute Gasteiger partial charge is 0.407 e. The SMILES string of the molecule is CCN(CCC(S)c1ccccc1)c1cc(Cl)c([N+]#N)cc1OC.[Cl-].